The number of ether oxygens (including phenoxy) is 1. The van der Waals surface area contributed by atoms with Crippen LogP contribution in [0, 0.1) is 0 Å². The Morgan fingerprint density at radius 2 is 2.05 bits per heavy atom. The van der Waals surface area contributed by atoms with Crippen LogP contribution in [0.3, 0.4) is 0 Å². The Balaban J connectivity index is 1.57. The third kappa shape index (κ3) is 3.20. The molecule has 2 heterocycles. The molecular formula is C16H21NO2S. The number of fused-ring (bicyclic) bond motifs is 1. The Hall–Kier alpha value is -0.940. The van der Waals surface area contributed by atoms with Crippen molar-refractivity contribution in [2.75, 3.05) is 26.3 Å². The molecule has 1 N–H and O–H groups in total. The number of likely N-dealkylation sites (tertiary alicyclic amines) is 1. The summed E-state index contributed by atoms with van der Waals surface area (Å²) >= 11 is 1.84. The smallest absolute Gasteiger partial charge is 0.0701 e. The van der Waals surface area contributed by atoms with Crippen molar-refractivity contribution >= 4 is 21.4 Å². The molecule has 0 amide bonds. The van der Waals surface area contributed by atoms with E-state index in [1.165, 1.54) is 15.6 Å². The van der Waals surface area contributed by atoms with Gasteiger partial charge in [0.25, 0.3) is 0 Å². The summed E-state index contributed by atoms with van der Waals surface area (Å²) in [5.41, 5.74) is 1.44. The second-order valence-corrected chi connectivity index (χ2v) is 6.24. The highest BCUT2D eigenvalue weighted by Gasteiger charge is 2.20. The topological polar surface area (TPSA) is 32.7 Å². The van der Waals surface area contributed by atoms with Crippen LogP contribution in [0.25, 0.3) is 10.1 Å². The first-order valence-electron chi connectivity index (χ1n) is 7.27. The average molecular weight is 291 g/mol. The first-order chi connectivity index (χ1) is 9.86. The van der Waals surface area contributed by atoms with Crippen molar-refractivity contribution in [1.82, 2.24) is 4.90 Å². The normalized spacial score (nSPS) is 17.9. The van der Waals surface area contributed by atoms with Crippen molar-refractivity contribution in [1.29, 1.82) is 0 Å². The van der Waals surface area contributed by atoms with E-state index in [0.717, 1.165) is 32.5 Å². The summed E-state index contributed by atoms with van der Waals surface area (Å²) in [6, 6.07) is 8.64. The number of benzene rings is 1. The van der Waals surface area contributed by atoms with E-state index in [9.17, 15) is 0 Å². The molecule has 0 bridgehead atoms. The molecule has 3 rings (SSSR count). The zero-order valence-corrected chi connectivity index (χ0v) is 12.4. The van der Waals surface area contributed by atoms with Crippen LogP contribution in [0.2, 0.25) is 0 Å². The molecule has 2 aromatic rings. The van der Waals surface area contributed by atoms with Gasteiger partial charge in [-0.3, -0.25) is 4.90 Å². The van der Waals surface area contributed by atoms with Gasteiger partial charge in [-0.15, -0.1) is 11.3 Å². The number of piperidine rings is 1. The maximum atomic E-state index is 8.79. The summed E-state index contributed by atoms with van der Waals surface area (Å²) in [4.78, 5) is 2.51. The lowest BCUT2D eigenvalue weighted by Crippen LogP contribution is -2.36. The quantitative estimate of drug-likeness (QED) is 0.919. The second-order valence-electron chi connectivity index (χ2n) is 5.33. The van der Waals surface area contributed by atoms with Gasteiger partial charge >= 0.3 is 0 Å². The van der Waals surface area contributed by atoms with E-state index in [0.29, 0.717) is 12.7 Å². The van der Waals surface area contributed by atoms with Gasteiger partial charge in [-0.2, -0.15) is 0 Å². The number of thiophene rings is 1. The summed E-state index contributed by atoms with van der Waals surface area (Å²) in [5.74, 6) is 0. The van der Waals surface area contributed by atoms with Gasteiger partial charge in [-0.1, -0.05) is 18.2 Å². The van der Waals surface area contributed by atoms with Gasteiger partial charge in [0, 0.05) is 24.3 Å². The average Bonchev–Trinajstić information content (AvgIpc) is 2.90. The summed E-state index contributed by atoms with van der Waals surface area (Å²) < 4.78 is 6.99. The predicted octanol–water partition coefficient (Wildman–Crippen LogP) is 2.87. The summed E-state index contributed by atoms with van der Waals surface area (Å²) in [6.45, 7) is 3.80. The maximum absolute atomic E-state index is 8.79. The molecule has 0 saturated carbocycles. The van der Waals surface area contributed by atoms with Crippen LogP contribution in [0.15, 0.2) is 29.6 Å². The molecule has 0 radical (unpaired) electrons. The SMILES string of the molecule is OCCOC1CCN(Cc2csc3ccccc23)CC1. The standard InChI is InChI=1S/C16H21NO2S/c18-9-10-19-14-5-7-17(8-6-14)11-13-12-20-16-4-2-1-3-15(13)16/h1-4,12,14,18H,5-11H2. The van der Waals surface area contributed by atoms with Crippen molar-refractivity contribution in [3.05, 3.63) is 35.2 Å². The minimum absolute atomic E-state index is 0.126. The molecule has 4 heteroatoms. The Morgan fingerprint density at radius 3 is 2.85 bits per heavy atom. The zero-order chi connectivity index (χ0) is 13.8. The number of aliphatic hydroxyl groups excluding tert-OH is 1. The third-order valence-electron chi connectivity index (χ3n) is 3.93. The van der Waals surface area contributed by atoms with Gasteiger partial charge in [-0.25, -0.2) is 0 Å². The van der Waals surface area contributed by atoms with Crippen LogP contribution in [0.4, 0.5) is 0 Å². The van der Waals surface area contributed by atoms with Gasteiger partial charge in [0.05, 0.1) is 19.3 Å². The summed E-state index contributed by atoms with van der Waals surface area (Å²) in [5, 5.41) is 12.5. The van der Waals surface area contributed by atoms with Crippen molar-refractivity contribution in [2.24, 2.45) is 0 Å². The third-order valence-corrected chi connectivity index (χ3v) is 4.95. The molecule has 1 fully saturated rings. The fourth-order valence-electron chi connectivity index (χ4n) is 2.85. The highest BCUT2D eigenvalue weighted by molar-refractivity contribution is 7.17. The Morgan fingerprint density at radius 1 is 1.25 bits per heavy atom. The number of rotatable bonds is 5. The molecule has 108 valence electrons. The molecule has 0 atom stereocenters. The second kappa shape index (κ2) is 6.68. The lowest BCUT2D eigenvalue weighted by molar-refractivity contribution is -0.00893. The molecule has 0 aliphatic carbocycles. The minimum atomic E-state index is 0.126. The molecule has 1 aromatic heterocycles. The first kappa shape index (κ1) is 14.0. The summed E-state index contributed by atoms with van der Waals surface area (Å²) in [7, 11) is 0. The van der Waals surface area contributed by atoms with E-state index in [2.05, 4.69) is 34.5 Å². The van der Waals surface area contributed by atoms with Crippen LogP contribution in [0.5, 0.6) is 0 Å². The molecule has 1 aromatic carbocycles. The fourth-order valence-corrected chi connectivity index (χ4v) is 3.80. The van der Waals surface area contributed by atoms with E-state index in [4.69, 9.17) is 9.84 Å². The molecule has 3 nitrogen and oxygen atoms in total. The number of aliphatic hydroxyl groups is 1. The lowest BCUT2D eigenvalue weighted by Gasteiger charge is -2.31. The highest BCUT2D eigenvalue weighted by Crippen LogP contribution is 2.27. The molecular weight excluding hydrogens is 270 g/mol. The van der Waals surface area contributed by atoms with Crippen LogP contribution >= 0.6 is 11.3 Å². The fraction of sp³-hybridized carbons (Fsp3) is 0.500. The zero-order valence-electron chi connectivity index (χ0n) is 11.6. The largest absolute Gasteiger partial charge is 0.394 e. The number of hydrogen-bond donors (Lipinski definition) is 1. The van der Waals surface area contributed by atoms with E-state index >= 15 is 0 Å². The Kier molecular flexibility index (Phi) is 4.68. The van der Waals surface area contributed by atoms with Crippen molar-refractivity contribution in [3.8, 4) is 0 Å². The lowest BCUT2D eigenvalue weighted by atomic mass is 10.1. The summed E-state index contributed by atoms with van der Waals surface area (Å²) in [6.07, 6.45) is 2.47. The van der Waals surface area contributed by atoms with Crippen molar-refractivity contribution in [2.45, 2.75) is 25.5 Å². The van der Waals surface area contributed by atoms with Crippen LogP contribution in [-0.2, 0) is 11.3 Å². The van der Waals surface area contributed by atoms with E-state index < -0.39 is 0 Å². The monoisotopic (exact) mass is 291 g/mol. The molecule has 0 unspecified atom stereocenters. The van der Waals surface area contributed by atoms with E-state index in [-0.39, 0.29) is 6.61 Å². The van der Waals surface area contributed by atoms with Gasteiger partial charge in [-0.05, 0) is 35.2 Å². The van der Waals surface area contributed by atoms with Crippen molar-refractivity contribution < 1.29 is 9.84 Å². The van der Waals surface area contributed by atoms with E-state index in [1.54, 1.807) is 0 Å². The highest BCUT2D eigenvalue weighted by atomic mass is 32.1. The first-order valence-corrected chi connectivity index (χ1v) is 8.14. The maximum Gasteiger partial charge on any atom is 0.0701 e. The van der Waals surface area contributed by atoms with E-state index in [1.807, 2.05) is 11.3 Å². The Bertz CT molecular complexity index is 546. The van der Waals surface area contributed by atoms with Gasteiger partial charge in [0.15, 0.2) is 0 Å². The molecule has 0 spiro atoms. The molecule has 20 heavy (non-hydrogen) atoms. The van der Waals surface area contributed by atoms with Crippen LogP contribution in [-0.4, -0.2) is 42.4 Å². The van der Waals surface area contributed by atoms with Crippen molar-refractivity contribution in [3.63, 3.8) is 0 Å². The number of nitrogens with zero attached hydrogens (tertiary/aromatic N) is 1. The molecule has 1 aliphatic heterocycles. The predicted molar refractivity (Wildman–Crippen MR) is 83.2 cm³/mol. The van der Waals surface area contributed by atoms with Crippen LogP contribution in [0.1, 0.15) is 18.4 Å². The van der Waals surface area contributed by atoms with Gasteiger partial charge in [0.2, 0.25) is 0 Å². The Labute approximate surface area is 123 Å². The minimum Gasteiger partial charge on any atom is -0.394 e. The number of hydrogen-bond acceptors (Lipinski definition) is 4. The molecule has 1 aliphatic rings. The van der Waals surface area contributed by atoms with Gasteiger partial charge in [0.1, 0.15) is 0 Å². The van der Waals surface area contributed by atoms with Gasteiger partial charge < -0.3 is 9.84 Å². The molecule has 1 saturated heterocycles. The van der Waals surface area contributed by atoms with Crippen LogP contribution < -0.4 is 0 Å².